The second-order valence-electron chi connectivity index (χ2n) is 7.28. The van der Waals surface area contributed by atoms with Gasteiger partial charge < -0.3 is 5.32 Å². The SMILES string of the molecule is CCCCC(=O)n1nnnc1-c1ccccc1-c1ccc(CNc2ncc(C)s2)cc1. The van der Waals surface area contributed by atoms with E-state index in [9.17, 15) is 4.79 Å². The van der Waals surface area contributed by atoms with E-state index in [1.165, 1.54) is 9.56 Å². The molecule has 0 radical (unpaired) electrons. The summed E-state index contributed by atoms with van der Waals surface area (Å²) in [6, 6.07) is 16.2. The third-order valence-corrected chi connectivity index (χ3v) is 5.82. The maximum atomic E-state index is 12.6. The second-order valence-corrected chi connectivity index (χ2v) is 8.52. The molecule has 0 aliphatic carbocycles. The Morgan fingerprint density at radius 1 is 1.10 bits per heavy atom. The van der Waals surface area contributed by atoms with Crippen LogP contribution < -0.4 is 5.32 Å². The highest BCUT2D eigenvalue weighted by atomic mass is 32.1. The van der Waals surface area contributed by atoms with E-state index >= 15 is 0 Å². The Hall–Kier alpha value is -3.39. The van der Waals surface area contributed by atoms with Crippen molar-refractivity contribution in [2.45, 2.75) is 39.7 Å². The third kappa shape index (κ3) is 4.86. The summed E-state index contributed by atoms with van der Waals surface area (Å²) in [5.74, 6) is 0.386. The largest absolute Gasteiger partial charge is 0.357 e. The number of nitrogens with one attached hydrogen (secondary N) is 1. The maximum Gasteiger partial charge on any atom is 0.250 e. The van der Waals surface area contributed by atoms with Gasteiger partial charge in [-0.15, -0.1) is 16.4 Å². The molecule has 7 nitrogen and oxygen atoms in total. The quantitative estimate of drug-likeness (QED) is 0.385. The molecule has 0 fully saturated rings. The fourth-order valence-corrected chi connectivity index (χ4v) is 3.96. The van der Waals surface area contributed by atoms with Gasteiger partial charge in [-0.05, 0) is 40.5 Å². The average Bonchev–Trinajstić information content (AvgIpc) is 3.45. The van der Waals surface area contributed by atoms with Gasteiger partial charge in [-0.2, -0.15) is 4.68 Å². The fourth-order valence-electron chi connectivity index (χ4n) is 3.30. The number of hydrogen-bond donors (Lipinski definition) is 1. The van der Waals surface area contributed by atoms with Gasteiger partial charge in [-0.3, -0.25) is 4.79 Å². The van der Waals surface area contributed by atoms with Crippen LogP contribution in [-0.2, 0) is 6.54 Å². The normalized spacial score (nSPS) is 10.9. The minimum atomic E-state index is -0.0875. The van der Waals surface area contributed by atoms with Crippen LogP contribution in [0.2, 0.25) is 0 Å². The lowest BCUT2D eigenvalue weighted by atomic mass is 9.98. The number of aryl methyl sites for hydroxylation is 1. The zero-order valence-corrected chi connectivity index (χ0v) is 18.4. The molecule has 1 N–H and O–H groups in total. The van der Waals surface area contributed by atoms with Crippen molar-refractivity contribution in [2.24, 2.45) is 0 Å². The molecule has 4 rings (SSSR count). The van der Waals surface area contributed by atoms with E-state index in [2.05, 4.69) is 57.0 Å². The summed E-state index contributed by atoms with van der Waals surface area (Å²) >= 11 is 1.64. The molecule has 2 aromatic heterocycles. The molecule has 158 valence electrons. The zero-order chi connectivity index (χ0) is 21.6. The molecule has 2 aromatic carbocycles. The summed E-state index contributed by atoms with van der Waals surface area (Å²) < 4.78 is 1.32. The highest BCUT2D eigenvalue weighted by molar-refractivity contribution is 7.15. The molecule has 0 spiro atoms. The van der Waals surface area contributed by atoms with Crippen LogP contribution in [0.3, 0.4) is 0 Å². The highest BCUT2D eigenvalue weighted by Gasteiger charge is 2.18. The molecular formula is C23H24N6OS. The Morgan fingerprint density at radius 3 is 2.58 bits per heavy atom. The standard InChI is InChI=1S/C23H24N6OS/c1-3-4-9-21(30)29-22(26-27-28-29)20-8-6-5-7-19(20)18-12-10-17(11-13-18)15-25-23-24-14-16(2)31-23/h5-8,10-14H,3-4,9,15H2,1-2H3,(H,24,25). The Bertz CT molecular complexity index is 1160. The van der Waals surface area contributed by atoms with Crippen LogP contribution in [0.15, 0.2) is 54.7 Å². The molecule has 0 atom stereocenters. The van der Waals surface area contributed by atoms with Crippen molar-refractivity contribution in [2.75, 3.05) is 5.32 Å². The van der Waals surface area contributed by atoms with Gasteiger partial charge in [0.2, 0.25) is 5.91 Å². The molecule has 4 aromatic rings. The van der Waals surface area contributed by atoms with Gasteiger partial charge in [0.25, 0.3) is 0 Å². The predicted octanol–water partition coefficient (Wildman–Crippen LogP) is 5.21. The average molecular weight is 433 g/mol. The number of carbonyl (C=O) groups is 1. The number of rotatable bonds is 8. The van der Waals surface area contributed by atoms with Crippen LogP contribution in [0.25, 0.3) is 22.5 Å². The molecular weight excluding hydrogens is 408 g/mol. The Kier molecular flexibility index (Phi) is 6.47. The van der Waals surface area contributed by atoms with Crippen molar-refractivity contribution in [3.8, 4) is 22.5 Å². The summed E-state index contributed by atoms with van der Waals surface area (Å²) in [6.45, 7) is 4.81. The van der Waals surface area contributed by atoms with Crippen molar-refractivity contribution >= 4 is 22.4 Å². The van der Waals surface area contributed by atoms with Crippen LogP contribution in [-0.4, -0.2) is 31.1 Å². The van der Waals surface area contributed by atoms with E-state index in [-0.39, 0.29) is 5.91 Å². The van der Waals surface area contributed by atoms with Crippen molar-refractivity contribution in [1.82, 2.24) is 25.2 Å². The first-order chi connectivity index (χ1) is 15.2. The molecule has 0 amide bonds. The van der Waals surface area contributed by atoms with Crippen molar-refractivity contribution < 1.29 is 4.79 Å². The molecule has 0 unspecified atom stereocenters. The van der Waals surface area contributed by atoms with Gasteiger partial charge in [-0.1, -0.05) is 61.9 Å². The first-order valence-corrected chi connectivity index (χ1v) is 11.1. The number of tetrazole rings is 1. The Morgan fingerprint density at radius 2 is 1.87 bits per heavy atom. The number of nitrogens with zero attached hydrogens (tertiary/aromatic N) is 5. The van der Waals surface area contributed by atoms with E-state index < -0.39 is 0 Å². The van der Waals surface area contributed by atoms with Crippen molar-refractivity contribution in [1.29, 1.82) is 0 Å². The van der Waals surface area contributed by atoms with E-state index in [1.54, 1.807) is 11.3 Å². The van der Waals surface area contributed by atoms with Gasteiger partial charge in [0, 0.05) is 29.6 Å². The molecule has 2 heterocycles. The Balaban J connectivity index is 1.57. The van der Waals surface area contributed by atoms with Crippen LogP contribution in [0, 0.1) is 6.92 Å². The van der Waals surface area contributed by atoms with Gasteiger partial charge in [-0.25, -0.2) is 4.98 Å². The first kappa shape index (κ1) is 20.9. The van der Waals surface area contributed by atoms with Crippen LogP contribution >= 0.6 is 11.3 Å². The van der Waals surface area contributed by atoms with Gasteiger partial charge >= 0.3 is 0 Å². The maximum absolute atomic E-state index is 12.6. The zero-order valence-electron chi connectivity index (χ0n) is 17.6. The van der Waals surface area contributed by atoms with E-state index in [1.807, 2.05) is 37.4 Å². The van der Waals surface area contributed by atoms with Crippen LogP contribution in [0.5, 0.6) is 0 Å². The highest BCUT2D eigenvalue weighted by Crippen LogP contribution is 2.31. The first-order valence-electron chi connectivity index (χ1n) is 10.3. The van der Waals surface area contributed by atoms with E-state index in [0.29, 0.717) is 18.8 Å². The number of aromatic nitrogens is 5. The molecule has 0 saturated heterocycles. The number of carbonyl (C=O) groups excluding carboxylic acids is 1. The second kappa shape index (κ2) is 9.61. The van der Waals surface area contributed by atoms with Gasteiger partial charge in [0.1, 0.15) is 0 Å². The summed E-state index contributed by atoms with van der Waals surface area (Å²) in [5.41, 5.74) is 4.02. The van der Waals surface area contributed by atoms with E-state index in [0.717, 1.165) is 40.2 Å². The van der Waals surface area contributed by atoms with Crippen molar-refractivity contribution in [3.63, 3.8) is 0 Å². The number of anilines is 1. The number of hydrogen-bond acceptors (Lipinski definition) is 7. The predicted molar refractivity (Wildman–Crippen MR) is 123 cm³/mol. The lowest BCUT2D eigenvalue weighted by molar-refractivity contribution is 0.0883. The summed E-state index contributed by atoms with van der Waals surface area (Å²) in [7, 11) is 0. The number of benzene rings is 2. The molecule has 0 aliphatic rings. The molecule has 0 saturated carbocycles. The Labute approximate surface area is 185 Å². The van der Waals surface area contributed by atoms with Crippen LogP contribution in [0.1, 0.15) is 41.4 Å². The number of unbranched alkanes of at least 4 members (excludes halogenated alkanes) is 1. The summed E-state index contributed by atoms with van der Waals surface area (Å²) in [5, 5.41) is 16.1. The molecule has 8 heteroatoms. The van der Waals surface area contributed by atoms with Crippen molar-refractivity contribution in [3.05, 3.63) is 65.2 Å². The number of thiazole rings is 1. The fraction of sp³-hybridized carbons (Fsp3) is 0.261. The third-order valence-electron chi connectivity index (χ3n) is 4.95. The van der Waals surface area contributed by atoms with Gasteiger partial charge in [0.05, 0.1) is 0 Å². The van der Waals surface area contributed by atoms with Crippen LogP contribution in [0.4, 0.5) is 5.13 Å². The molecule has 0 aliphatic heterocycles. The monoisotopic (exact) mass is 432 g/mol. The minimum absolute atomic E-state index is 0.0875. The minimum Gasteiger partial charge on any atom is -0.357 e. The lowest BCUT2D eigenvalue weighted by Gasteiger charge is -2.10. The topological polar surface area (TPSA) is 85.6 Å². The molecule has 31 heavy (non-hydrogen) atoms. The summed E-state index contributed by atoms with van der Waals surface area (Å²) in [6.07, 6.45) is 4.06. The smallest absolute Gasteiger partial charge is 0.250 e. The lowest BCUT2D eigenvalue weighted by Crippen LogP contribution is -2.14. The van der Waals surface area contributed by atoms with Gasteiger partial charge in [0.15, 0.2) is 11.0 Å². The van der Waals surface area contributed by atoms with E-state index in [4.69, 9.17) is 0 Å². The summed E-state index contributed by atoms with van der Waals surface area (Å²) in [4.78, 5) is 18.1. The molecule has 0 bridgehead atoms.